The predicted octanol–water partition coefficient (Wildman–Crippen LogP) is 2.83. The molecule has 1 aromatic carbocycles. The number of ether oxygens (including phenoxy) is 2. The molecule has 0 radical (unpaired) electrons. The number of hydrogen-bond acceptors (Lipinski definition) is 4. The average Bonchev–Trinajstić information content (AvgIpc) is 2.54. The highest BCUT2D eigenvalue weighted by atomic mass is 35.5. The second-order valence-corrected chi connectivity index (χ2v) is 6.44. The summed E-state index contributed by atoms with van der Waals surface area (Å²) in [5, 5.41) is 3.01. The van der Waals surface area contributed by atoms with Crippen LogP contribution in [0.25, 0.3) is 0 Å². The second-order valence-electron chi connectivity index (χ2n) is 6.44. The number of carbonyl (C=O) groups is 1. The Hall–Kier alpha value is -1.30. The Morgan fingerprint density at radius 1 is 1.29 bits per heavy atom. The van der Waals surface area contributed by atoms with E-state index in [0.717, 1.165) is 24.2 Å². The van der Waals surface area contributed by atoms with Gasteiger partial charge in [-0.1, -0.05) is 12.1 Å². The van der Waals surface area contributed by atoms with Gasteiger partial charge in [0.05, 0.1) is 18.2 Å². The molecule has 5 nitrogen and oxygen atoms in total. The number of carbonyl (C=O) groups excluding carboxylic acids is 1. The first-order valence-electron chi connectivity index (χ1n) is 8.37. The van der Waals surface area contributed by atoms with Gasteiger partial charge in [-0.05, 0) is 57.2 Å². The molecular formula is C18H29ClN2O3. The maximum absolute atomic E-state index is 12.4. The van der Waals surface area contributed by atoms with Crippen molar-refractivity contribution in [2.75, 3.05) is 13.2 Å². The fourth-order valence-corrected chi connectivity index (χ4v) is 2.81. The monoisotopic (exact) mass is 356 g/mol. The summed E-state index contributed by atoms with van der Waals surface area (Å²) in [5.74, 6) is 0.915. The lowest BCUT2D eigenvalue weighted by atomic mass is 9.91. The fraction of sp³-hybridized carbons (Fsp3) is 0.611. The van der Waals surface area contributed by atoms with Gasteiger partial charge in [-0.3, -0.25) is 4.79 Å². The minimum Gasteiger partial charge on any atom is -0.491 e. The molecule has 1 fully saturated rings. The Kier molecular flexibility index (Phi) is 8.53. The van der Waals surface area contributed by atoms with Crippen LogP contribution in [0.3, 0.4) is 0 Å². The van der Waals surface area contributed by atoms with Gasteiger partial charge < -0.3 is 20.5 Å². The summed E-state index contributed by atoms with van der Waals surface area (Å²) in [5.41, 5.74) is 7.13. The molecule has 1 aliphatic heterocycles. The first-order valence-corrected chi connectivity index (χ1v) is 8.37. The van der Waals surface area contributed by atoms with E-state index in [1.807, 2.05) is 45.0 Å². The molecule has 3 N–H and O–H groups in total. The van der Waals surface area contributed by atoms with Crippen molar-refractivity contribution in [2.24, 2.45) is 11.7 Å². The number of amides is 1. The molecule has 2 atom stereocenters. The number of nitrogens with one attached hydrogen (secondary N) is 1. The molecule has 0 bridgehead atoms. The molecule has 24 heavy (non-hydrogen) atoms. The Morgan fingerprint density at radius 3 is 2.58 bits per heavy atom. The van der Waals surface area contributed by atoms with Crippen molar-refractivity contribution in [1.29, 1.82) is 0 Å². The third-order valence-electron chi connectivity index (χ3n) is 4.17. The van der Waals surface area contributed by atoms with E-state index in [1.54, 1.807) is 0 Å². The van der Waals surface area contributed by atoms with Crippen molar-refractivity contribution in [2.45, 2.75) is 51.8 Å². The van der Waals surface area contributed by atoms with Crippen LogP contribution in [0.1, 0.15) is 45.2 Å². The number of benzene rings is 1. The van der Waals surface area contributed by atoms with E-state index >= 15 is 0 Å². The summed E-state index contributed by atoms with van der Waals surface area (Å²) < 4.78 is 11.0. The SMILES string of the molecule is CC(C)Oc1cccc(C(C)NC(=O)C(N)C2CCOCC2)c1.Cl. The molecule has 1 aliphatic rings. The van der Waals surface area contributed by atoms with Crippen LogP contribution in [-0.4, -0.2) is 31.3 Å². The summed E-state index contributed by atoms with van der Waals surface area (Å²) in [4.78, 5) is 12.4. The maximum Gasteiger partial charge on any atom is 0.237 e. The largest absolute Gasteiger partial charge is 0.491 e. The smallest absolute Gasteiger partial charge is 0.237 e. The van der Waals surface area contributed by atoms with Crippen LogP contribution >= 0.6 is 12.4 Å². The summed E-state index contributed by atoms with van der Waals surface area (Å²) in [6.45, 7) is 7.32. The average molecular weight is 357 g/mol. The fourth-order valence-electron chi connectivity index (χ4n) is 2.81. The lowest BCUT2D eigenvalue weighted by molar-refractivity contribution is -0.125. The lowest BCUT2D eigenvalue weighted by Crippen LogP contribution is -2.47. The summed E-state index contributed by atoms with van der Waals surface area (Å²) in [7, 11) is 0. The third-order valence-corrected chi connectivity index (χ3v) is 4.17. The minimum atomic E-state index is -0.476. The van der Waals surface area contributed by atoms with Crippen LogP contribution in [0.2, 0.25) is 0 Å². The van der Waals surface area contributed by atoms with Crippen molar-refractivity contribution in [3.8, 4) is 5.75 Å². The van der Waals surface area contributed by atoms with E-state index in [2.05, 4.69) is 5.32 Å². The van der Waals surface area contributed by atoms with Crippen LogP contribution in [0, 0.1) is 5.92 Å². The third kappa shape index (κ3) is 5.96. The number of halogens is 1. The molecule has 1 heterocycles. The van der Waals surface area contributed by atoms with Crippen LogP contribution in [-0.2, 0) is 9.53 Å². The minimum absolute atomic E-state index is 0. The van der Waals surface area contributed by atoms with Crippen LogP contribution in [0.5, 0.6) is 5.75 Å². The van der Waals surface area contributed by atoms with Crippen molar-refractivity contribution in [1.82, 2.24) is 5.32 Å². The zero-order valence-corrected chi connectivity index (χ0v) is 15.5. The first-order chi connectivity index (χ1) is 11.0. The van der Waals surface area contributed by atoms with Gasteiger partial charge in [0.25, 0.3) is 0 Å². The molecule has 0 spiro atoms. The Labute approximate surface area is 150 Å². The molecule has 0 aromatic heterocycles. The highest BCUT2D eigenvalue weighted by Crippen LogP contribution is 2.22. The summed E-state index contributed by atoms with van der Waals surface area (Å²) in [6.07, 6.45) is 1.82. The molecular weight excluding hydrogens is 328 g/mol. The topological polar surface area (TPSA) is 73.6 Å². The maximum atomic E-state index is 12.4. The number of hydrogen-bond donors (Lipinski definition) is 2. The van der Waals surface area contributed by atoms with Crippen molar-refractivity contribution < 1.29 is 14.3 Å². The van der Waals surface area contributed by atoms with E-state index in [1.165, 1.54) is 0 Å². The molecule has 6 heteroatoms. The molecule has 2 unspecified atom stereocenters. The highest BCUT2D eigenvalue weighted by molar-refractivity contribution is 5.85. The molecule has 1 aromatic rings. The molecule has 1 amide bonds. The zero-order chi connectivity index (χ0) is 16.8. The van der Waals surface area contributed by atoms with Crippen molar-refractivity contribution in [3.05, 3.63) is 29.8 Å². The second kappa shape index (κ2) is 9.87. The van der Waals surface area contributed by atoms with Crippen molar-refractivity contribution in [3.63, 3.8) is 0 Å². The number of nitrogens with two attached hydrogens (primary N) is 1. The lowest BCUT2D eigenvalue weighted by Gasteiger charge is -2.28. The first kappa shape index (κ1) is 20.7. The van der Waals surface area contributed by atoms with Gasteiger partial charge in [0, 0.05) is 13.2 Å². The summed E-state index contributed by atoms with van der Waals surface area (Å²) >= 11 is 0. The van der Waals surface area contributed by atoms with Crippen molar-refractivity contribution >= 4 is 18.3 Å². The van der Waals surface area contributed by atoms with Crippen LogP contribution < -0.4 is 15.8 Å². The molecule has 0 aliphatic carbocycles. The molecule has 0 saturated carbocycles. The molecule has 2 rings (SSSR count). The highest BCUT2D eigenvalue weighted by Gasteiger charge is 2.27. The summed E-state index contributed by atoms with van der Waals surface area (Å²) in [6, 6.07) is 7.23. The Bertz CT molecular complexity index is 519. The van der Waals surface area contributed by atoms with E-state index < -0.39 is 6.04 Å². The van der Waals surface area contributed by atoms with Gasteiger partial charge in [0.15, 0.2) is 0 Å². The quantitative estimate of drug-likeness (QED) is 0.822. The van der Waals surface area contributed by atoms with E-state index in [9.17, 15) is 4.79 Å². The van der Waals surface area contributed by atoms with E-state index in [-0.39, 0.29) is 36.4 Å². The number of rotatable bonds is 6. The van der Waals surface area contributed by atoms with Gasteiger partial charge >= 0.3 is 0 Å². The van der Waals surface area contributed by atoms with Crippen LogP contribution in [0.4, 0.5) is 0 Å². The molecule has 1 saturated heterocycles. The van der Waals surface area contributed by atoms with Gasteiger partial charge in [0.1, 0.15) is 5.75 Å². The predicted molar refractivity (Wildman–Crippen MR) is 97.5 cm³/mol. The Balaban J connectivity index is 0.00000288. The van der Waals surface area contributed by atoms with Gasteiger partial charge in [-0.15, -0.1) is 12.4 Å². The van der Waals surface area contributed by atoms with Gasteiger partial charge in [-0.2, -0.15) is 0 Å². The standard InChI is InChI=1S/C18H28N2O3.ClH/c1-12(2)23-16-6-4-5-15(11-16)13(3)20-18(21)17(19)14-7-9-22-10-8-14;/h4-6,11-14,17H,7-10,19H2,1-3H3,(H,20,21);1H. The zero-order valence-electron chi connectivity index (χ0n) is 14.7. The van der Waals surface area contributed by atoms with E-state index in [0.29, 0.717) is 13.2 Å². The Morgan fingerprint density at radius 2 is 1.96 bits per heavy atom. The van der Waals surface area contributed by atoms with E-state index in [4.69, 9.17) is 15.2 Å². The molecule has 136 valence electrons. The normalized spacial score (nSPS) is 17.7. The van der Waals surface area contributed by atoms with Gasteiger partial charge in [0.2, 0.25) is 5.91 Å². The van der Waals surface area contributed by atoms with Gasteiger partial charge in [-0.25, -0.2) is 0 Å². The van der Waals surface area contributed by atoms with Crippen LogP contribution in [0.15, 0.2) is 24.3 Å².